The van der Waals surface area contributed by atoms with Gasteiger partial charge in [0.05, 0.1) is 0 Å². The third kappa shape index (κ3) is 3.81. The maximum atomic E-state index is 11.2. The van der Waals surface area contributed by atoms with Crippen LogP contribution in [0.2, 0.25) is 0 Å². The maximum Gasteiger partial charge on any atom is 0.323 e. The molecule has 1 aliphatic carbocycles. The molecule has 0 heterocycles. The molecule has 0 spiro atoms. The highest BCUT2D eigenvalue weighted by Crippen LogP contribution is 2.27. The predicted octanol–water partition coefficient (Wildman–Crippen LogP) is 0.451. The highest BCUT2D eigenvalue weighted by Gasteiger charge is 2.23. The van der Waals surface area contributed by atoms with Crippen molar-refractivity contribution < 1.29 is 9.59 Å². The first kappa shape index (κ1) is 13.0. The Balaban J connectivity index is 2.26. The minimum Gasteiger partial charge on any atom is -0.345 e. The van der Waals surface area contributed by atoms with E-state index >= 15 is 0 Å². The molecule has 1 rings (SSSR count). The zero-order chi connectivity index (χ0) is 12.0. The molecular weight excluding hydrogens is 206 g/mol. The van der Waals surface area contributed by atoms with Crippen molar-refractivity contribution in [2.24, 2.45) is 11.8 Å². The zero-order valence-electron chi connectivity index (χ0n) is 9.79. The summed E-state index contributed by atoms with van der Waals surface area (Å²) in [6.45, 7) is 2.19. The van der Waals surface area contributed by atoms with Crippen molar-refractivity contribution in [1.82, 2.24) is 10.7 Å². The molecule has 92 valence electrons. The van der Waals surface area contributed by atoms with Gasteiger partial charge >= 0.3 is 11.8 Å². The van der Waals surface area contributed by atoms with Crippen molar-refractivity contribution in [3.63, 3.8) is 0 Å². The Hall–Kier alpha value is -1.10. The summed E-state index contributed by atoms with van der Waals surface area (Å²) < 4.78 is 0. The molecule has 0 aromatic rings. The molecule has 16 heavy (non-hydrogen) atoms. The van der Waals surface area contributed by atoms with Crippen molar-refractivity contribution in [1.29, 1.82) is 0 Å². The second-order valence-corrected chi connectivity index (χ2v) is 4.45. The van der Waals surface area contributed by atoms with Crippen molar-refractivity contribution in [3.05, 3.63) is 0 Å². The van der Waals surface area contributed by atoms with Crippen LogP contribution in [0.4, 0.5) is 0 Å². The molecule has 1 fully saturated rings. The summed E-state index contributed by atoms with van der Waals surface area (Å²) in [5, 5.41) is 2.70. The van der Waals surface area contributed by atoms with Gasteiger partial charge in [-0.15, -0.1) is 0 Å². The average Bonchev–Trinajstić information content (AvgIpc) is 2.31. The van der Waals surface area contributed by atoms with E-state index in [1.165, 1.54) is 12.8 Å². The van der Waals surface area contributed by atoms with Crippen LogP contribution >= 0.6 is 0 Å². The fraction of sp³-hybridized carbons (Fsp3) is 0.818. The molecule has 1 aliphatic rings. The van der Waals surface area contributed by atoms with E-state index in [2.05, 4.69) is 12.2 Å². The molecule has 0 radical (unpaired) electrons. The lowest BCUT2D eigenvalue weighted by atomic mass is 9.83. The number of carbonyl (C=O) groups excluding carboxylic acids is 2. The van der Waals surface area contributed by atoms with E-state index in [1.54, 1.807) is 0 Å². The van der Waals surface area contributed by atoms with Crippen molar-refractivity contribution >= 4 is 11.8 Å². The molecule has 0 atom stereocenters. The first-order valence-corrected chi connectivity index (χ1v) is 5.98. The normalized spacial score (nSPS) is 24.9. The second kappa shape index (κ2) is 6.48. The molecule has 0 aromatic heterocycles. The van der Waals surface area contributed by atoms with E-state index in [9.17, 15) is 9.59 Å². The van der Waals surface area contributed by atoms with Crippen LogP contribution in [0.25, 0.3) is 0 Å². The molecule has 0 saturated heterocycles. The largest absolute Gasteiger partial charge is 0.345 e. The monoisotopic (exact) mass is 227 g/mol. The Morgan fingerprint density at radius 3 is 2.31 bits per heavy atom. The lowest BCUT2D eigenvalue weighted by molar-refractivity contribution is -0.139. The molecule has 0 unspecified atom stereocenters. The van der Waals surface area contributed by atoms with Crippen LogP contribution in [0.1, 0.15) is 45.4 Å². The van der Waals surface area contributed by atoms with Crippen LogP contribution in [0.3, 0.4) is 0 Å². The van der Waals surface area contributed by atoms with Gasteiger partial charge in [-0.25, -0.2) is 5.84 Å². The number of nitrogens with two attached hydrogens (primary N) is 1. The second-order valence-electron chi connectivity index (χ2n) is 4.45. The fourth-order valence-corrected chi connectivity index (χ4v) is 2.32. The Labute approximate surface area is 96.1 Å². The summed E-state index contributed by atoms with van der Waals surface area (Å²) in [5.41, 5.74) is 1.83. The van der Waals surface area contributed by atoms with Crippen LogP contribution in [-0.2, 0) is 9.59 Å². The topological polar surface area (TPSA) is 84.2 Å². The fourth-order valence-electron chi connectivity index (χ4n) is 2.32. The summed E-state index contributed by atoms with van der Waals surface area (Å²) in [7, 11) is 0. The SMILES string of the molecule is CCCC1CCC(NC(=O)C(=O)NN)CC1. The zero-order valence-corrected chi connectivity index (χ0v) is 9.79. The lowest BCUT2D eigenvalue weighted by Crippen LogP contribution is -2.47. The maximum absolute atomic E-state index is 11.2. The number of carbonyl (C=O) groups is 2. The van der Waals surface area contributed by atoms with Gasteiger partial charge in [-0.05, 0) is 31.6 Å². The number of hydrazine groups is 1. The van der Waals surface area contributed by atoms with Crippen LogP contribution in [-0.4, -0.2) is 17.9 Å². The van der Waals surface area contributed by atoms with Gasteiger partial charge in [-0.2, -0.15) is 0 Å². The van der Waals surface area contributed by atoms with Gasteiger partial charge in [0.25, 0.3) is 0 Å². The van der Waals surface area contributed by atoms with Crippen LogP contribution < -0.4 is 16.6 Å². The number of amides is 2. The molecule has 0 bridgehead atoms. The summed E-state index contributed by atoms with van der Waals surface area (Å²) in [4.78, 5) is 22.2. The first-order valence-electron chi connectivity index (χ1n) is 5.98. The molecular formula is C11H21N3O2. The van der Waals surface area contributed by atoms with Gasteiger partial charge < -0.3 is 5.32 Å². The van der Waals surface area contributed by atoms with Crippen molar-refractivity contribution in [2.75, 3.05) is 0 Å². The highest BCUT2D eigenvalue weighted by atomic mass is 16.2. The molecule has 0 aliphatic heterocycles. The van der Waals surface area contributed by atoms with Gasteiger partial charge in [-0.3, -0.25) is 15.0 Å². The van der Waals surface area contributed by atoms with Crippen LogP contribution in [0.15, 0.2) is 0 Å². The highest BCUT2D eigenvalue weighted by molar-refractivity contribution is 6.34. The number of hydrogen-bond donors (Lipinski definition) is 3. The quantitative estimate of drug-likeness (QED) is 0.283. The van der Waals surface area contributed by atoms with E-state index in [0.29, 0.717) is 0 Å². The van der Waals surface area contributed by atoms with Gasteiger partial charge in [-0.1, -0.05) is 19.8 Å². The van der Waals surface area contributed by atoms with E-state index in [-0.39, 0.29) is 6.04 Å². The number of rotatable bonds is 3. The molecule has 5 heteroatoms. The van der Waals surface area contributed by atoms with Gasteiger partial charge in [0.2, 0.25) is 0 Å². The first-order chi connectivity index (χ1) is 7.67. The van der Waals surface area contributed by atoms with Crippen LogP contribution in [0.5, 0.6) is 0 Å². The molecule has 5 nitrogen and oxygen atoms in total. The third-order valence-electron chi connectivity index (χ3n) is 3.22. The Bertz CT molecular complexity index is 248. The Kier molecular flexibility index (Phi) is 5.25. The summed E-state index contributed by atoms with van der Waals surface area (Å²) >= 11 is 0. The minimum absolute atomic E-state index is 0.137. The summed E-state index contributed by atoms with van der Waals surface area (Å²) in [5.74, 6) is 4.28. The van der Waals surface area contributed by atoms with E-state index in [1.807, 2.05) is 5.43 Å². The Morgan fingerprint density at radius 2 is 1.81 bits per heavy atom. The van der Waals surface area contributed by atoms with Gasteiger partial charge in [0.15, 0.2) is 0 Å². The number of nitrogens with one attached hydrogen (secondary N) is 2. The number of hydrogen-bond acceptors (Lipinski definition) is 3. The van der Waals surface area contributed by atoms with Crippen molar-refractivity contribution in [3.8, 4) is 0 Å². The van der Waals surface area contributed by atoms with E-state index < -0.39 is 11.8 Å². The Morgan fingerprint density at radius 1 is 1.19 bits per heavy atom. The van der Waals surface area contributed by atoms with E-state index in [4.69, 9.17) is 5.84 Å². The minimum atomic E-state index is -0.768. The molecule has 2 amide bonds. The average molecular weight is 227 g/mol. The standard InChI is InChI=1S/C11H21N3O2/c1-2-3-8-4-6-9(7-5-8)13-10(15)11(16)14-12/h8-9H,2-7,12H2,1H3,(H,13,15)(H,14,16). The van der Waals surface area contributed by atoms with Gasteiger partial charge in [0, 0.05) is 6.04 Å². The van der Waals surface area contributed by atoms with Crippen molar-refractivity contribution in [2.45, 2.75) is 51.5 Å². The lowest BCUT2D eigenvalue weighted by Gasteiger charge is -2.28. The summed E-state index contributed by atoms with van der Waals surface area (Å²) in [6.07, 6.45) is 6.70. The molecule has 4 N–H and O–H groups in total. The predicted molar refractivity (Wildman–Crippen MR) is 61.1 cm³/mol. The molecule has 0 aromatic carbocycles. The molecule has 1 saturated carbocycles. The third-order valence-corrected chi connectivity index (χ3v) is 3.22. The van der Waals surface area contributed by atoms with Crippen LogP contribution in [0, 0.1) is 5.92 Å². The van der Waals surface area contributed by atoms with E-state index in [0.717, 1.165) is 31.6 Å². The van der Waals surface area contributed by atoms with Gasteiger partial charge in [0.1, 0.15) is 0 Å². The smallest absolute Gasteiger partial charge is 0.323 e. The summed E-state index contributed by atoms with van der Waals surface area (Å²) in [6, 6.07) is 0.137.